The minimum Gasteiger partial charge on any atom is -0.378 e. The summed E-state index contributed by atoms with van der Waals surface area (Å²) in [6.45, 7) is 3.57. The quantitative estimate of drug-likeness (QED) is 0.298. The number of H-pyrrole nitrogens is 1. The van der Waals surface area contributed by atoms with Gasteiger partial charge in [0, 0.05) is 10.9 Å². The van der Waals surface area contributed by atoms with E-state index in [2.05, 4.69) is 55.9 Å². The van der Waals surface area contributed by atoms with Gasteiger partial charge < -0.3 is 10.7 Å². The molecule has 0 atom stereocenters. The third kappa shape index (κ3) is 2.72. The minimum absolute atomic E-state index is 0.114. The summed E-state index contributed by atoms with van der Waals surface area (Å²) >= 11 is 0. The zero-order valence-corrected chi connectivity index (χ0v) is 15.3. The Bertz CT molecular complexity index is 1380. The van der Waals surface area contributed by atoms with Crippen molar-refractivity contribution in [3.8, 4) is 5.82 Å². The normalized spacial score (nSPS) is 12.1. The molecule has 0 saturated carbocycles. The van der Waals surface area contributed by atoms with Crippen LogP contribution in [0, 0.1) is 6.92 Å². The van der Waals surface area contributed by atoms with E-state index in [1.165, 1.54) is 4.68 Å². The standard InChI is InChI=1S/C16H14N12O/c1-7(11-8(2)28(27-22-11)15-13(17)25-29-26-15)20-23-16-19-14-12(21-24-16)9-5-3-4-6-10(9)18-14/h3-6H,1-2H3,(H2,17,25)(H2,18,19,23,24). The number of nitrogen functional groups attached to an aromatic ring is 1. The summed E-state index contributed by atoms with van der Waals surface area (Å²) in [5.41, 5.74) is 12.5. The van der Waals surface area contributed by atoms with Crippen LogP contribution in [-0.2, 0) is 0 Å². The first-order chi connectivity index (χ1) is 14.1. The zero-order valence-electron chi connectivity index (χ0n) is 15.3. The number of hydrazone groups is 1. The fourth-order valence-corrected chi connectivity index (χ4v) is 2.96. The molecule has 4 aromatic heterocycles. The molecule has 5 aromatic rings. The molecule has 4 N–H and O–H groups in total. The second-order valence-corrected chi connectivity index (χ2v) is 6.22. The van der Waals surface area contributed by atoms with Gasteiger partial charge in [-0.1, -0.05) is 23.4 Å². The Morgan fingerprint density at radius 1 is 1.21 bits per heavy atom. The van der Waals surface area contributed by atoms with Crippen molar-refractivity contribution >= 4 is 39.5 Å². The zero-order chi connectivity index (χ0) is 20.0. The summed E-state index contributed by atoms with van der Waals surface area (Å²) in [7, 11) is 0. The highest BCUT2D eigenvalue weighted by Crippen LogP contribution is 2.22. The number of para-hydroxylation sites is 1. The van der Waals surface area contributed by atoms with E-state index in [-0.39, 0.29) is 17.6 Å². The van der Waals surface area contributed by atoms with E-state index in [0.29, 0.717) is 28.3 Å². The Labute approximate surface area is 162 Å². The van der Waals surface area contributed by atoms with Gasteiger partial charge in [0.2, 0.25) is 11.6 Å². The molecule has 13 heteroatoms. The van der Waals surface area contributed by atoms with Gasteiger partial charge in [0.25, 0.3) is 5.95 Å². The second-order valence-electron chi connectivity index (χ2n) is 6.22. The molecule has 0 amide bonds. The summed E-state index contributed by atoms with van der Waals surface area (Å²) in [6.07, 6.45) is 0. The maximum absolute atomic E-state index is 5.71. The lowest BCUT2D eigenvalue weighted by atomic mass is 10.2. The van der Waals surface area contributed by atoms with Crippen LogP contribution in [0.4, 0.5) is 11.8 Å². The summed E-state index contributed by atoms with van der Waals surface area (Å²) in [6, 6.07) is 7.80. The van der Waals surface area contributed by atoms with Gasteiger partial charge in [-0.25, -0.2) is 10.1 Å². The first-order valence-electron chi connectivity index (χ1n) is 8.54. The fourth-order valence-electron chi connectivity index (χ4n) is 2.96. The highest BCUT2D eigenvalue weighted by Gasteiger charge is 2.18. The Morgan fingerprint density at radius 2 is 2.07 bits per heavy atom. The number of fused-ring (bicyclic) bond motifs is 3. The number of rotatable bonds is 4. The molecule has 29 heavy (non-hydrogen) atoms. The van der Waals surface area contributed by atoms with E-state index in [1.807, 2.05) is 24.3 Å². The topological polar surface area (TPSA) is 175 Å². The number of nitrogens with zero attached hydrogens (tertiary/aromatic N) is 9. The number of nitrogens with two attached hydrogens (primary N) is 1. The lowest BCUT2D eigenvalue weighted by molar-refractivity contribution is 0.306. The number of anilines is 2. The van der Waals surface area contributed by atoms with Crippen LogP contribution in [-0.4, -0.2) is 51.2 Å². The average molecular weight is 390 g/mol. The van der Waals surface area contributed by atoms with Gasteiger partial charge in [-0.2, -0.15) is 14.8 Å². The summed E-state index contributed by atoms with van der Waals surface area (Å²) < 4.78 is 6.03. The van der Waals surface area contributed by atoms with Gasteiger partial charge in [0.05, 0.1) is 11.4 Å². The van der Waals surface area contributed by atoms with Crippen LogP contribution in [0.5, 0.6) is 0 Å². The molecule has 0 unspecified atom stereocenters. The molecule has 0 aliphatic carbocycles. The molecule has 0 aliphatic heterocycles. The van der Waals surface area contributed by atoms with Crippen LogP contribution in [0.3, 0.4) is 0 Å². The van der Waals surface area contributed by atoms with Crippen LogP contribution < -0.4 is 11.2 Å². The van der Waals surface area contributed by atoms with Crippen molar-refractivity contribution in [2.24, 2.45) is 5.10 Å². The van der Waals surface area contributed by atoms with Gasteiger partial charge >= 0.3 is 0 Å². The fraction of sp³-hybridized carbons (Fsp3) is 0.125. The van der Waals surface area contributed by atoms with Gasteiger partial charge in [-0.05, 0) is 30.2 Å². The molecular formula is C16H14N12O. The maximum atomic E-state index is 5.71. The SMILES string of the molecule is CC(=NNc1nnc2c(n1)[nH]c1ccccc12)c1nnn(-c2nonc2N)c1C. The van der Waals surface area contributed by atoms with Crippen LogP contribution in [0.2, 0.25) is 0 Å². The first-order valence-corrected chi connectivity index (χ1v) is 8.54. The third-order valence-corrected chi connectivity index (χ3v) is 4.38. The molecule has 13 nitrogen and oxygen atoms in total. The molecule has 1 aromatic carbocycles. The predicted octanol–water partition coefficient (Wildman–Crippen LogP) is 1.20. The van der Waals surface area contributed by atoms with E-state index in [4.69, 9.17) is 5.73 Å². The van der Waals surface area contributed by atoms with Crippen LogP contribution in [0.1, 0.15) is 18.3 Å². The van der Waals surface area contributed by atoms with Crippen molar-refractivity contribution in [1.82, 2.24) is 45.5 Å². The predicted molar refractivity (Wildman–Crippen MR) is 103 cm³/mol. The van der Waals surface area contributed by atoms with Gasteiger partial charge in [0.1, 0.15) is 11.2 Å². The maximum Gasteiger partial charge on any atom is 0.265 e. The van der Waals surface area contributed by atoms with E-state index in [0.717, 1.165) is 10.9 Å². The van der Waals surface area contributed by atoms with Gasteiger partial charge in [-0.15, -0.1) is 15.3 Å². The smallest absolute Gasteiger partial charge is 0.265 e. The Morgan fingerprint density at radius 3 is 2.90 bits per heavy atom. The third-order valence-electron chi connectivity index (χ3n) is 4.38. The Balaban J connectivity index is 1.43. The number of benzene rings is 1. The summed E-state index contributed by atoms with van der Waals surface area (Å²) in [5.74, 6) is 0.626. The molecule has 4 heterocycles. The summed E-state index contributed by atoms with van der Waals surface area (Å²) in [5, 5.41) is 29.0. The second kappa shape index (κ2) is 6.33. The highest BCUT2D eigenvalue weighted by molar-refractivity contribution is 6.03. The number of aromatic amines is 1. The first kappa shape index (κ1) is 16.7. The van der Waals surface area contributed by atoms with E-state index >= 15 is 0 Å². The monoisotopic (exact) mass is 390 g/mol. The molecular weight excluding hydrogens is 376 g/mol. The largest absolute Gasteiger partial charge is 0.378 e. The molecule has 0 spiro atoms. The van der Waals surface area contributed by atoms with Crippen molar-refractivity contribution in [3.05, 3.63) is 35.7 Å². The molecule has 0 aliphatic rings. The Kier molecular flexibility index (Phi) is 3.65. The molecule has 0 radical (unpaired) electrons. The molecule has 0 bridgehead atoms. The highest BCUT2D eigenvalue weighted by atomic mass is 16.6. The van der Waals surface area contributed by atoms with Gasteiger partial charge in [0.15, 0.2) is 5.65 Å². The van der Waals surface area contributed by atoms with Crippen LogP contribution in [0.25, 0.3) is 27.9 Å². The van der Waals surface area contributed by atoms with E-state index in [9.17, 15) is 0 Å². The van der Waals surface area contributed by atoms with Crippen molar-refractivity contribution in [3.63, 3.8) is 0 Å². The Hall–Kier alpha value is -4.42. The van der Waals surface area contributed by atoms with Crippen molar-refractivity contribution in [1.29, 1.82) is 0 Å². The van der Waals surface area contributed by atoms with Crippen molar-refractivity contribution in [2.45, 2.75) is 13.8 Å². The minimum atomic E-state index is 0.114. The van der Waals surface area contributed by atoms with Gasteiger partial charge in [-0.3, -0.25) is 0 Å². The molecule has 0 saturated heterocycles. The van der Waals surface area contributed by atoms with Crippen LogP contribution in [0.15, 0.2) is 34.0 Å². The van der Waals surface area contributed by atoms with Crippen LogP contribution >= 0.6 is 0 Å². The molecule has 5 rings (SSSR count). The number of aromatic nitrogens is 9. The molecule has 144 valence electrons. The molecule has 0 fully saturated rings. The van der Waals surface area contributed by atoms with E-state index in [1.54, 1.807) is 13.8 Å². The van der Waals surface area contributed by atoms with E-state index < -0.39 is 0 Å². The lowest BCUT2D eigenvalue weighted by Gasteiger charge is -2.01. The van der Waals surface area contributed by atoms with Crippen molar-refractivity contribution in [2.75, 3.05) is 11.2 Å². The number of nitrogens with one attached hydrogen (secondary N) is 2. The summed E-state index contributed by atoms with van der Waals surface area (Å²) in [4.78, 5) is 7.63. The average Bonchev–Trinajstić information content (AvgIpc) is 3.42. The lowest BCUT2D eigenvalue weighted by Crippen LogP contribution is -2.06. The van der Waals surface area contributed by atoms with Crippen molar-refractivity contribution < 1.29 is 4.63 Å². The number of hydrogen-bond acceptors (Lipinski definition) is 11. The number of hydrogen-bond donors (Lipinski definition) is 3.